The second-order valence-corrected chi connectivity index (χ2v) is 7.69. The Morgan fingerprint density at radius 2 is 0.759 bits per heavy atom. The Hall–Kier alpha value is -1.14. The molecule has 29 heavy (non-hydrogen) atoms. The monoisotopic (exact) mass is 416 g/mol. The maximum Gasteiger partial charge on any atom is 0.305 e. The molecule has 0 amide bonds. The second kappa shape index (κ2) is 23.1. The minimum atomic E-state index is -0.103. The third-order valence-corrected chi connectivity index (χ3v) is 4.89. The van der Waals surface area contributed by atoms with Crippen molar-refractivity contribution in [2.45, 2.75) is 109 Å². The molecule has 0 aromatic carbocycles. The second-order valence-electron chi connectivity index (χ2n) is 7.69. The minimum absolute atomic E-state index is 0.103. The third-order valence-electron chi connectivity index (χ3n) is 4.89. The van der Waals surface area contributed by atoms with E-state index in [1.807, 2.05) is 0 Å². The molecule has 0 fully saturated rings. The molecule has 6 heteroatoms. The average molecular weight is 417 g/mol. The summed E-state index contributed by atoms with van der Waals surface area (Å²) in [5.41, 5.74) is 0. The lowest BCUT2D eigenvalue weighted by molar-refractivity contribution is -0.144. The Morgan fingerprint density at radius 3 is 1.14 bits per heavy atom. The number of carbonyl (C=O) groups is 2. The molecule has 0 bridgehead atoms. The highest BCUT2D eigenvalue weighted by Crippen LogP contribution is 2.09. The van der Waals surface area contributed by atoms with Gasteiger partial charge in [-0.2, -0.15) is 0 Å². The lowest BCUT2D eigenvalue weighted by Gasteiger charge is -2.06. The molecular formula is C23H44O6. The number of aliphatic hydroxyl groups excluding tert-OH is 2. The number of ether oxygens (including phenoxy) is 2. The highest BCUT2D eigenvalue weighted by atomic mass is 16.5. The molecule has 0 radical (unpaired) electrons. The van der Waals surface area contributed by atoms with Gasteiger partial charge in [-0.15, -0.1) is 0 Å². The summed E-state index contributed by atoms with van der Waals surface area (Å²) in [5, 5.41) is 17.4. The van der Waals surface area contributed by atoms with Crippen molar-refractivity contribution in [3.63, 3.8) is 0 Å². The van der Waals surface area contributed by atoms with E-state index in [1.54, 1.807) is 0 Å². The number of hydrogen-bond donors (Lipinski definition) is 2. The predicted molar refractivity (Wildman–Crippen MR) is 115 cm³/mol. The van der Waals surface area contributed by atoms with Crippen molar-refractivity contribution in [2.24, 2.45) is 0 Å². The van der Waals surface area contributed by atoms with Crippen molar-refractivity contribution in [2.75, 3.05) is 26.4 Å². The molecule has 0 heterocycles. The number of hydrogen-bond acceptors (Lipinski definition) is 6. The third kappa shape index (κ3) is 23.0. The van der Waals surface area contributed by atoms with Crippen LogP contribution >= 0.6 is 0 Å². The number of rotatable bonds is 22. The summed E-state index contributed by atoms with van der Waals surface area (Å²) in [5.74, 6) is -0.206. The van der Waals surface area contributed by atoms with E-state index < -0.39 is 0 Å². The van der Waals surface area contributed by atoms with Gasteiger partial charge in [-0.1, -0.05) is 57.8 Å². The largest absolute Gasteiger partial charge is 0.466 e. The van der Waals surface area contributed by atoms with Crippen LogP contribution < -0.4 is 0 Å². The van der Waals surface area contributed by atoms with Gasteiger partial charge in [0.15, 0.2) is 0 Å². The summed E-state index contributed by atoms with van der Waals surface area (Å²) in [4.78, 5) is 23.1. The fraction of sp³-hybridized carbons (Fsp3) is 0.913. The summed E-state index contributed by atoms with van der Waals surface area (Å²) in [6, 6.07) is 0. The molecular weight excluding hydrogens is 372 g/mol. The van der Waals surface area contributed by atoms with Gasteiger partial charge in [0.25, 0.3) is 0 Å². The first-order valence-corrected chi connectivity index (χ1v) is 11.7. The predicted octanol–water partition coefficient (Wildman–Crippen LogP) is 4.69. The van der Waals surface area contributed by atoms with Crippen LogP contribution in [0.3, 0.4) is 0 Å². The number of carbonyl (C=O) groups excluding carboxylic acids is 2. The first-order chi connectivity index (χ1) is 14.2. The zero-order valence-electron chi connectivity index (χ0n) is 18.4. The molecule has 0 atom stereocenters. The van der Waals surface area contributed by atoms with Crippen molar-refractivity contribution < 1.29 is 29.3 Å². The first kappa shape index (κ1) is 27.9. The van der Waals surface area contributed by atoms with Crippen LogP contribution in [0, 0.1) is 0 Å². The molecule has 0 saturated heterocycles. The maximum absolute atomic E-state index is 11.5. The quantitative estimate of drug-likeness (QED) is 0.196. The molecule has 0 aliphatic carbocycles. The van der Waals surface area contributed by atoms with E-state index in [0.29, 0.717) is 26.1 Å². The van der Waals surface area contributed by atoms with Gasteiger partial charge in [-0.25, -0.2) is 0 Å². The lowest BCUT2D eigenvalue weighted by Crippen LogP contribution is -2.06. The summed E-state index contributed by atoms with van der Waals surface area (Å²) in [7, 11) is 0. The fourth-order valence-electron chi connectivity index (χ4n) is 3.07. The van der Waals surface area contributed by atoms with E-state index in [2.05, 4.69) is 0 Å². The fourth-order valence-corrected chi connectivity index (χ4v) is 3.07. The van der Waals surface area contributed by atoms with E-state index >= 15 is 0 Å². The topological polar surface area (TPSA) is 93.1 Å². The van der Waals surface area contributed by atoms with Gasteiger partial charge >= 0.3 is 11.9 Å². The SMILES string of the molecule is O=C(CCCCCCO)OCCCCCCCCCOC(=O)CCCCCCO. The molecule has 172 valence electrons. The summed E-state index contributed by atoms with van der Waals surface area (Å²) in [6.07, 6.45) is 15.6. The van der Waals surface area contributed by atoms with Crippen LogP contribution in [0.1, 0.15) is 109 Å². The van der Waals surface area contributed by atoms with Crippen molar-refractivity contribution >= 4 is 11.9 Å². The van der Waals surface area contributed by atoms with E-state index in [9.17, 15) is 9.59 Å². The molecule has 2 N–H and O–H groups in total. The highest BCUT2D eigenvalue weighted by molar-refractivity contribution is 5.69. The standard InChI is InChI=1S/C23H44O6/c24-18-12-6-4-10-16-22(26)28-20-14-8-2-1-3-9-15-21-29-23(27)17-11-5-7-13-19-25/h24-25H,1-21H2. The van der Waals surface area contributed by atoms with Crippen LogP contribution in [-0.4, -0.2) is 48.6 Å². The van der Waals surface area contributed by atoms with Crippen molar-refractivity contribution in [3.8, 4) is 0 Å². The highest BCUT2D eigenvalue weighted by Gasteiger charge is 2.03. The van der Waals surface area contributed by atoms with E-state index in [-0.39, 0.29) is 25.2 Å². The first-order valence-electron chi connectivity index (χ1n) is 11.7. The molecule has 0 spiro atoms. The van der Waals surface area contributed by atoms with Crippen LogP contribution in [-0.2, 0) is 19.1 Å². The zero-order valence-corrected chi connectivity index (χ0v) is 18.4. The lowest BCUT2D eigenvalue weighted by atomic mass is 10.1. The minimum Gasteiger partial charge on any atom is -0.466 e. The van der Waals surface area contributed by atoms with Crippen LogP contribution in [0.2, 0.25) is 0 Å². The number of unbranched alkanes of at least 4 members (excludes halogenated alkanes) is 12. The number of esters is 2. The van der Waals surface area contributed by atoms with Crippen molar-refractivity contribution in [1.29, 1.82) is 0 Å². The Bertz CT molecular complexity index is 338. The number of aliphatic hydroxyl groups is 2. The van der Waals surface area contributed by atoms with Crippen LogP contribution in [0.25, 0.3) is 0 Å². The van der Waals surface area contributed by atoms with E-state index in [1.165, 1.54) is 0 Å². The van der Waals surface area contributed by atoms with Crippen molar-refractivity contribution in [1.82, 2.24) is 0 Å². The van der Waals surface area contributed by atoms with Gasteiger partial charge in [0.05, 0.1) is 13.2 Å². The Morgan fingerprint density at radius 1 is 0.448 bits per heavy atom. The molecule has 6 nitrogen and oxygen atoms in total. The van der Waals surface area contributed by atoms with Crippen LogP contribution in [0.5, 0.6) is 0 Å². The smallest absolute Gasteiger partial charge is 0.305 e. The van der Waals surface area contributed by atoms with Crippen LogP contribution in [0.15, 0.2) is 0 Å². The summed E-state index contributed by atoms with van der Waals surface area (Å²) < 4.78 is 10.5. The Labute approximate surface area is 177 Å². The van der Waals surface area contributed by atoms with Gasteiger partial charge in [-0.3, -0.25) is 9.59 Å². The molecule has 0 aromatic rings. The van der Waals surface area contributed by atoms with Crippen LogP contribution in [0.4, 0.5) is 0 Å². The normalized spacial score (nSPS) is 10.8. The Balaban J connectivity index is 3.21. The van der Waals surface area contributed by atoms with Gasteiger partial charge < -0.3 is 19.7 Å². The van der Waals surface area contributed by atoms with E-state index in [4.69, 9.17) is 19.7 Å². The molecule has 0 rings (SSSR count). The van der Waals surface area contributed by atoms with Gasteiger partial charge in [0, 0.05) is 26.1 Å². The van der Waals surface area contributed by atoms with Crippen molar-refractivity contribution in [3.05, 3.63) is 0 Å². The van der Waals surface area contributed by atoms with E-state index in [0.717, 1.165) is 96.3 Å². The Kier molecular flexibility index (Phi) is 22.2. The maximum atomic E-state index is 11.5. The van der Waals surface area contributed by atoms with Gasteiger partial charge in [0.2, 0.25) is 0 Å². The zero-order chi connectivity index (χ0) is 21.4. The van der Waals surface area contributed by atoms with Gasteiger partial charge in [0.1, 0.15) is 0 Å². The molecule has 0 unspecified atom stereocenters. The summed E-state index contributed by atoms with van der Waals surface area (Å²) in [6.45, 7) is 1.49. The molecule has 0 aliphatic rings. The molecule has 0 saturated carbocycles. The van der Waals surface area contributed by atoms with Gasteiger partial charge in [-0.05, 0) is 38.5 Å². The average Bonchev–Trinajstić information content (AvgIpc) is 2.71. The molecule has 0 aromatic heterocycles. The summed E-state index contributed by atoms with van der Waals surface area (Å²) >= 11 is 0. The molecule has 0 aliphatic heterocycles.